The Labute approximate surface area is 118 Å². The van der Waals surface area contributed by atoms with Gasteiger partial charge in [0, 0.05) is 12.6 Å². The van der Waals surface area contributed by atoms with Gasteiger partial charge in [-0.3, -0.25) is 0 Å². The molecule has 2 heterocycles. The van der Waals surface area contributed by atoms with Crippen LogP contribution in [-0.4, -0.2) is 48.6 Å². The van der Waals surface area contributed by atoms with Crippen molar-refractivity contribution in [3.05, 3.63) is 35.3 Å². The van der Waals surface area contributed by atoms with E-state index >= 15 is 0 Å². The number of hydrogen-bond acceptors (Lipinski definition) is 5. The highest BCUT2D eigenvalue weighted by atomic mass is 16.6. The maximum Gasteiger partial charge on any atom is 0.189 e. The molecule has 1 aliphatic rings. The first-order valence-electron chi connectivity index (χ1n) is 6.98. The third-order valence-electron chi connectivity index (χ3n) is 3.26. The number of rotatable bonds is 6. The Hall–Kier alpha value is -1.66. The molecule has 0 radical (unpaired) electrons. The van der Waals surface area contributed by atoms with Crippen molar-refractivity contribution in [1.82, 2.24) is 4.90 Å². The van der Waals surface area contributed by atoms with Crippen LogP contribution in [0.25, 0.3) is 0 Å². The molecule has 1 aliphatic heterocycles. The summed E-state index contributed by atoms with van der Waals surface area (Å²) in [6.45, 7) is 2.89. The molecule has 6 nitrogen and oxygen atoms in total. The van der Waals surface area contributed by atoms with Gasteiger partial charge < -0.3 is 20.1 Å². The molecule has 1 fully saturated rings. The van der Waals surface area contributed by atoms with Crippen LogP contribution in [0.5, 0.6) is 0 Å². The first kappa shape index (κ1) is 14.7. The Morgan fingerprint density at radius 2 is 2.25 bits per heavy atom. The van der Waals surface area contributed by atoms with Gasteiger partial charge in [-0.2, -0.15) is 4.73 Å². The summed E-state index contributed by atoms with van der Waals surface area (Å²) in [6.07, 6.45) is 7.42. The molecule has 1 atom stereocenters. The molecule has 110 valence electrons. The van der Waals surface area contributed by atoms with Gasteiger partial charge in [0.05, 0.1) is 11.8 Å². The lowest BCUT2D eigenvalue weighted by Gasteiger charge is -2.27. The van der Waals surface area contributed by atoms with E-state index in [9.17, 15) is 10.3 Å². The topological polar surface area (TPSA) is 72.0 Å². The molecule has 0 spiro atoms. The van der Waals surface area contributed by atoms with E-state index in [2.05, 4.69) is 10.1 Å². The average molecular weight is 279 g/mol. The van der Waals surface area contributed by atoms with Gasteiger partial charge >= 0.3 is 0 Å². The summed E-state index contributed by atoms with van der Waals surface area (Å²) >= 11 is 0. The molecule has 0 bridgehead atoms. The second-order valence-corrected chi connectivity index (χ2v) is 5.04. The number of pyridine rings is 1. The van der Waals surface area contributed by atoms with Crippen LogP contribution >= 0.6 is 0 Å². The van der Waals surface area contributed by atoms with Crippen LogP contribution < -0.4 is 4.73 Å². The van der Waals surface area contributed by atoms with E-state index in [4.69, 9.17) is 4.84 Å². The predicted molar refractivity (Wildman–Crippen MR) is 75.2 cm³/mol. The number of nitrogens with zero attached hydrogens (tertiary/aromatic N) is 3. The third-order valence-corrected chi connectivity index (χ3v) is 3.26. The lowest BCUT2D eigenvalue weighted by Crippen LogP contribution is -2.37. The second-order valence-electron chi connectivity index (χ2n) is 5.04. The molecule has 1 aromatic heterocycles. The van der Waals surface area contributed by atoms with Crippen LogP contribution in [0.2, 0.25) is 0 Å². The number of β-amino-alcohol motifs (C(OH)–C–C–N with tert-alkyl or cyclic N) is 1. The predicted octanol–water partition coefficient (Wildman–Crippen LogP) is 0.517. The molecular weight excluding hydrogens is 258 g/mol. The van der Waals surface area contributed by atoms with E-state index in [1.807, 2.05) is 0 Å². The van der Waals surface area contributed by atoms with Crippen molar-refractivity contribution in [2.75, 3.05) is 26.2 Å². The van der Waals surface area contributed by atoms with Gasteiger partial charge in [0.2, 0.25) is 0 Å². The highest BCUT2D eigenvalue weighted by Crippen LogP contribution is 2.08. The third kappa shape index (κ3) is 5.14. The van der Waals surface area contributed by atoms with Crippen LogP contribution in [0.15, 0.2) is 29.7 Å². The molecular formula is C14H21N3O3. The minimum atomic E-state index is -0.537. The SMILES string of the molecule is [O-][n+]1cccc(C=NOCC(O)CN2CCCCC2)c1. The van der Waals surface area contributed by atoms with Crippen molar-refractivity contribution in [2.45, 2.75) is 25.4 Å². The van der Waals surface area contributed by atoms with E-state index in [-0.39, 0.29) is 6.61 Å². The van der Waals surface area contributed by atoms with Crippen molar-refractivity contribution in [1.29, 1.82) is 0 Å². The van der Waals surface area contributed by atoms with Crippen LogP contribution in [0.3, 0.4) is 0 Å². The molecule has 20 heavy (non-hydrogen) atoms. The van der Waals surface area contributed by atoms with Gasteiger partial charge in [0.25, 0.3) is 0 Å². The maximum absolute atomic E-state index is 11.0. The lowest BCUT2D eigenvalue weighted by molar-refractivity contribution is -0.605. The Kier molecular flexibility index (Phi) is 5.76. The lowest BCUT2D eigenvalue weighted by atomic mass is 10.1. The van der Waals surface area contributed by atoms with Crippen molar-refractivity contribution in [3.63, 3.8) is 0 Å². The normalized spacial score (nSPS) is 18.2. The van der Waals surface area contributed by atoms with E-state index in [0.717, 1.165) is 13.1 Å². The van der Waals surface area contributed by atoms with Crippen molar-refractivity contribution >= 4 is 6.21 Å². The smallest absolute Gasteiger partial charge is 0.189 e. The molecule has 0 amide bonds. The van der Waals surface area contributed by atoms with Crippen LogP contribution in [0, 0.1) is 5.21 Å². The zero-order valence-corrected chi connectivity index (χ0v) is 11.5. The number of oxime groups is 1. The minimum Gasteiger partial charge on any atom is -0.619 e. The molecule has 0 aromatic carbocycles. The van der Waals surface area contributed by atoms with Gasteiger partial charge in [-0.15, -0.1) is 0 Å². The van der Waals surface area contributed by atoms with E-state index in [0.29, 0.717) is 16.8 Å². The molecule has 1 aromatic rings. The van der Waals surface area contributed by atoms with E-state index in [1.54, 1.807) is 12.1 Å². The van der Waals surface area contributed by atoms with Crippen LogP contribution in [-0.2, 0) is 4.84 Å². The van der Waals surface area contributed by atoms with Gasteiger partial charge in [-0.05, 0) is 32.0 Å². The Bertz CT molecular complexity index is 433. The summed E-state index contributed by atoms with van der Waals surface area (Å²) in [5.74, 6) is 0. The van der Waals surface area contributed by atoms with Crippen LogP contribution in [0.1, 0.15) is 24.8 Å². The fourth-order valence-corrected chi connectivity index (χ4v) is 2.27. The number of piperidine rings is 1. The largest absolute Gasteiger partial charge is 0.619 e. The van der Waals surface area contributed by atoms with E-state index < -0.39 is 6.10 Å². The number of aromatic nitrogens is 1. The van der Waals surface area contributed by atoms with Crippen LogP contribution in [0.4, 0.5) is 0 Å². The molecule has 0 saturated carbocycles. The van der Waals surface area contributed by atoms with E-state index in [1.165, 1.54) is 37.9 Å². The van der Waals surface area contributed by atoms with Crippen molar-refractivity contribution in [3.8, 4) is 0 Å². The molecule has 2 rings (SSSR count). The number of likely N-dealkylation sites (tertiary alicyclic amines) is 1. The number of aliphatic hydroxyl groups excluding tert-OH is 1. The maximum atomic E-state index is 11.0. The summed E-state index contributed by atoms with van der Waals surface area (Å²) in [6, 6.07) is 3.39. The van der Waals surface area contributed by atoms with Gasteiger partial charge in [-0.25, -0.2) is 0 Å². The molecule has 0 aliphatic carbocycles. The average Bonchev–Trinajstić information content (AvgIpc) is 2.45. The highest BCUT2D eigenvalue weighted by molar-refractivity contribution is 5.77. The fraction of sp³-hybridized carbons (Fsp3) is 0.571. The molecule has 1 saturated heterocycles. The monoisotopic (exact) mass is 279 g/mol. The fourth-order valence-electron chi connectivity index (χ4n) is 2.27. The highest BCUT2D eigenvalue weighted by Gasteiger charge is 2.14. The summed E-state index contributed by atoms with van der Waals surface area (Å²) in [7, 11) is 0. The Morgan fingerprint density at radius 3 is 3.00 bits per heavy atom. The standard InChI is InChI=1S/C14H21N3O3/c18-14(11-16-6-2-1-3-7-16)12-20-15-9-13-5-4-8-17(19)10-13/h4-5,8-10,14,18H,1-3,6-7,11-12H2. The van der Waals surface area contributed by atoms with Gasteiger partial charge in [0.15, 0.2) is 12.4 Å². The Morgan fingerprint density at radius 1 is 1.45 bits per heavy atom. The zero-order valence-electron chi connectivity index (χ0n) is 11.5. The number of hydrogen-bond donors (Lipinski definition) is 1. The minimum absolute atomic E-state index is 0.164. The first-order valence-corrected chi connectivity index (χ1v) is 6.98. The molecule has 1 N–H and O–H groups in total. The summed E-state index contributed by atoms with van der Waals surface area (Å²) < 4.78 is 0.701. The second kappa shape index (κ2) is 7.81. The van der Waals surface area contributed by atoms with Crippen molar-refractivity contribution in [2.24, 2.45) is 5.16 Å². The molecule has 1 unspecified atom stereocenters. The summed E-state index contributed by atoms with van der Waals surface area (Å²) in [5.41, 5.74) is 0.660. The number of aliphatic hydroxyl groups is 1. The zero-order chi connectivity index (χ0) is 14.2. The molecule has 6 heteroatoms. The van der Waals surface area contributed by atoms with Gasteiger partial charge in [-0.1, -0.05) is 11.6 Å². The first-order chi connectivity index (χ1) is 9.74. The summed E-state index contributed by atoms with van der Waals surface area (Å²) in [5, 5.41) is 24.6. The Balaban J connectivity index is 1.66. The quantitative estimate of drug-likeness (QED) is 0.356. The van der Waals surface area contributed by atoms with Gasteiger partial charge in [0.1, 0.15) is 12.7 Å². The van der Waals surface area contributed by atoms with Crippen molar-refractivity contribution < 1.29 is 14.7 Å². The summed E-state index contributed by atoms with van der Waals surface area (Å²) in [4.78, 5) is 7.31.